The van der Waals surface area contributed by atoms with Crippen molar-refractivity contribution < 1.29 is 9.67 Å². The Kier molecular flexibility index (Phi) is 3.06. The Morgan fingerprint density at radius 2 is 1.86 bits per heavy atom. The Morgan fingerprint density at radius 1 is 1.29 bits per heavy atom. The summed E-state index contributed by atoms with van der Waals surface area (Å²) in [5, 5.41) is 10.0. The summed E-state index contributed by atoms with van der Waals surface area (Å²) in [6.45, 7) is 7.67. The molecule has 0 saturated heterocycles. The second kappa shape index (κ2) is 3.78. The number of aromatic hydroxyl groups is 1. The lowest BCUT2D eigenvalue weighted by atomic mass is 10.2. The maximum absolute atomic E-state index is 12.1. The first-order valence-corrected chi connectivity index (χ1v) is 6.08. The monoisotopic (exact) mass is 212 g/mol. The lowest BCUT2D eigenvalue weighted by Gasteiger charge is -2.20. The van der Waals surface area contributed by atoms with Crippen LogP contribution in [-0.4, -0.2) is 10.3 Å². The quantitative estimate of drug-likeness (QED) is 0.727. The summed E-state index contributed by atoms with van der Waals surface area (Å²) in [7, 11) is -1.94. The minimum atomic E-state index is -1.94. The number of benzene rings is 1. The second-order valence-electron chi connectivity index (χ2n) is 4.55. The van der Waals surface area contributed by atoms with Gasteiger partial charge in [-0.05, 0) is 18.6 Å². The average Bonchev–Trinajstić information content (AvgIpc) is 2.01. The van der Waals surface area contributed by atoms with Gasteiger partial charge in [-0.3, -0.25) is 0 Å². The van der Waals surface area contributed by atoms with E-state index in [9.17, 15) is 9.67 Å². The molecule has 0 aliphatic heterocycles. The van der Waals surface area contributed by atoms with Gasteiger partial charge in [0, 0.05) is 5.16 Å². The van der Waals surface area contributed by atoms with E-state index < -0.39 is 7.80 Å². The van der Waals surface area contributed by atoms with Gasteiger partial charge in [0.15, 0.2) is 0 Å². The molecule has 78 valence electrons. The first-order valence-electron chi connectivity index (χ1n) is 4.67. The van der Waals surface area contributed by atoms with Gasteiger partial charge < -0.3 is 9.67 Å². The maximum Gasteiger partial charge on any atom is 0.126 e. The van der Waals surface area contributed by atoms with E-state index in [0.717, 1.165) is 5.56 Å². The molecule has 0 heterocycles. The van der Waals surface area contributed by atoms with Crippen LogP contribution in [0.15, 0.2) is 18.2 Å². The van der Waals surface area contributed by atoms with Crippen molar-refractivity contribution in [2.24, 2.45) is 0 Å². The lowest BCUT2D eigenvalue weighted by Crippen LogP contribution is -2.16. The number of phenolic OH excluding ortho intramolecular Hbond substituents is 1. The van der Waals surface area contributed by atoms with Crippen LogP contribution < -0.4 is 5.30 Å². The molecule has 0 bridgehead atoms. The van der Waals surface area contributed by atoms with Crippen LogP contribution in [0.4, 0.5) is 0 Å². The fourth-order valence-corrected chi connectivity index (χ4v) is 2.83. The Labute approximate surface area is 85.8 Å². The molecule has 1 aromatic rings. The van der Waals surface area contributed by atoms with Gasteiger partial charge in [0.2, 0.25) is 0 Å². The molecule has 14 heavy (non-hydrogen) atoms. The third-order valence-electron chi connectivity index (χ3n) is 2.16. The topological polar surface area (TPSA) is 37.3 Å². The highest BCUT2D eigenvalue weighted by molar-refractivity contribution is 7.55. The van der Waals surface area contributed by atoms with Gasteiger partial charge in [-0.25, -0.2) is 0 Å². The van der Waals surface area contributed by atoms with Gasteiger partial charge in [0.05, 0.1) is 5.30 Å². The van der Waals surface area contributed by atoms with E-state index in [1.807, 2.05) is 33.8 Å². The van der Waals surface area contributed by atoms with Crippen LogP contribution in [0, 0.1) is 6.92 Å². The van der Waals surface area contributed by atoms with Crippen molar-refractivity contribution in [3.63, 3.8) is 0 Å². The molecule has 1 rings (SSSR count). The van der Waals surface area contributed by atoms with Gasteiger partial charge in [-0.2, -0.15) is 0 Å². The number of hydrogen-bond acceptors (Lipinski definition) is 2. The van der Waals surface area contributed by atoms with Gasteiger partial charge in [0.1, 0.15) is 13.6 Å². The van der Waals surface area contributed by atoms with E-state index >= 15 is 0 Å². The Bertz CT molecular complexity index is 344. The molecular formula is C11H17O2P. The van der Waals surface area contributed by atoms with Gasteiger partial charge >= 0.3 is 0 Å². The molecule has 0 radical (unpaired) electrons. The molecule has 1 N–H and O–H groups in total. The minimum absolute atomic E-state index is 0.156. The molecular weight excluding hydrogens is 195 g/mol. The van der Waals surface area contributed by atoms with E-state index in [2.05, 4.69) is 0 Å². The van der Waals surface area contributed by atoms with Crippen LogP contribution in [0.3, 0.4) is 0 Å². The fourth-order valence-electron chi connectivity index (χ4n) is 1.32. The average molecular weight is 212 g/mol. The van der Waals surface area contributed by atoms with Gasteiger partial charge in [0.25, 0.3) is 0 Å². The Balaban J connectivity index is 3.26. The standard InChI is InChI=1S/C11H17O2P/c1-8-6-5-7-9(12)10(8)14(13)11(2,3)4/h5-7,12,14H,1-4H3. The van der Waals surface area contributed by atoms with Crippen molar-refractivity contribution in [1.29, 1.82) is 0 Å². The molecule has 0 fully saturated rings. The van der Waals surface area contributed by atoms with E-state index in [1.54, 1.807) is 12.1 Å². The SMILES string of the molecule is Cc1cccc(O)c1[PH](=O)C(C)(C)C. The summed E-state index contributed by atoms with van der Waals surface area (Å²) >= 11 is 0. The molecule has 2 nitrogen and oxygen atoms in total. The zero-order valence-electron chi connectivity index (χ0n) is 9.09. The number of aryl methyl sites for hydroxylation is 1. The second-order valence-corrected chi connectivity index (χ2v) is 7.21. The zero-order chi connectivity index (χ0) is 10.9. The van der Waals surface area contributed by atoms with Crippen molar-refractivity contribution in [2.75, 3.05) is 0 Å². The van der Waals surface area contributed by atoms with Crippen LogP contribution >= 0.6 is 7.80 Å². The number of phenols is 1. The maximum atomic E-state index is 12.1. The molecule has 1 atom stereocenters. The van der Waals surface area contributed by atoms with Crippen LogP contribution in [0.25, 0.3) is 0 Å². The third-order valence-corrected chi connectivity index (χ3v) is 4.63. The summed E-state index contributed by atoms with van der Waals surface area (Å²) in [6.07, 6.45) is 0. The first-order chi connectivity index (χ1) is 6.34. The van der Waals surface area contributed by atoms with Gasteiger partial charge in [-0.1, -0.05) is 32.9 Å². The van der Waals surface area contributed by atoms with Crippen LogP contribution in [0.1, 0.15) is 26.3 Å². The molecule has 0 aliphatic carbocycles. The summed E-state index contributed by atoms with van der Waals surface area (Å²) in [6, 6.07) is 5.24. The fraction of sp³-hybridized carbons (Fsp3) is 0.455. The van der Waals surface area contributed by atoms with Crippen molar-refractivity contribution in [1.82, 2.24) is 0 Å². The largest absolute Gasteiger partial charge is 0.507 e. The van der Waals surface area contributed by atoms with Crippen LogP contribution in [0.5, 0.6) is 5.75 Å². The lowest BCUT2D eigenvalue weighted by molar-refractivity contribution is 0.478. The predicted molar refractivity (Wildman–Crippen MR) is 61.2 cm³/mol. The zero-order valence-corrected chi connectivity index (χ0v) is 10.1. The van der Waals surface area contributed by atoms with Crippen LogP contribution in [-0.2, 0) is 4.57 Å². The van der Waals surface area contributed by atoms with Gasteiger partial charge in [-0.15, -0.1) is 0 Å². The van der Waals surface area contributed by atoms with E-state index in [0.29, 0.717) is 5.30 Å². The van der Waals surface area contributed by atoms with E-state index in [-0.39, 0.29) is 10.9 Å². The number of hydrogen-bond donors (Lipinski definition) is 1. The highest BCUT2D eigenvalue weighted by atomic mass is 31.1. The summed E-state index contributed by atoms with van der Waals surface area (Å²) in [4.78, 5) is 0. The molecule has 0 aliphatic rings. The Hall–Kier alpha value is -0.750. The predicted octanol–water partition coefficient (Wildman–Crippen LogP) is 2.68. The molecule has 1 unspecified atom stereocenters. The Morgan fingerprint density at radius 3 is 2.29 bits per heavy atom. The molecule has 0 saturated carbocycles. The summed E-state index contributed by atoms with van der Waals surface area (Å²) < 4.78 is 12.1. The van der Waals surface area contributed by atoms with Crippen LogP contribution in [0.2, 0.25) is 0 Å². The molecule has 1 aromatic carbocycles. The highest BCUT2D eigenvalue weighted by Crippen LogP contribution is 2.40. The van der Waals surface area contributed by atoms with Crippen molar-refractivity contribution in [2.45, 2.75) is 32.9 Å². The van der Waals surface area contributed by atoms with E-state index in [1.165, 1.54) is 0 Å². The smallest absolute Gasteiger partial charge is 0.126 e. The molecule has 3 heteroatoms. The van der Waals surface area contributed by atoms with E-state index in [4.69, 9.17) is 0 Å². The van der Waals surface area contributed by atoms with Crippen molar-refractivity contribution in [3.05, 3.63) is 23.8 Å². The molecule has 0 spiro atoms. The third kappa shape index (κ3) is 2.19. The van der Waals surface area contributed by atoms with Crippen molar-refractivity contribution >= 4 is 13.1 Å². The normalized spacial score (nSPS) is 14.0. The van der Waals surface area contributed by atoms with Crippen molar-refractivity contribution in [3.8, 4) is 5.75 Å². The highest BCUT2D eigenvalue weighted by Gasteiger charge is 2.24. The molecule has 0 amide bonds. The summed E-state index contributed by atoms with van der Waals surface area (Å²) in [5.74, 6) is 0.156. The summed E-state index contributed by atoms with van der Waals surface area (Å²) in [5.41, 5.74) is 0.906. The first kappa shape index (κ1) is 11.3. The number of rotatable bonds is 1. The minimum Gasteiger partial charge on any atom is -0.507 e. The molecule has 0 aromatic heterocycles.